The van der Waals surface area contributed by atoms with Crippen molar-refractivity contribution in [3.05, 3.63) is 5.53 Å². The molecule has 0 aliphatic carbocycles. The van der Waals surface area contributed by atoms with Crippen molar-refractivity contribution >= 4 is 14.1 Å². The molecule has 3 nitrogen and oxygen atoms in total. The van der Waals surface area contributed by atoms with Gasteiger partial charge in [-0.2, -0.15) is 4.79 Å². The van der Waals surface area contributed by atoms with Crippen LogP contribution in [-0.4, -0.2) is 32.1 Å². The standard InChI is InChI=1S/C4H10N2Si.C4H10O/c1-4(6-5)7(2)3;1-3-5-4-2/h7H,1-3H3;3-4H2,1-2H3. The zero-order valence-corrected chi connectivity index (χ0v) is 9.95. The molecule has 0 fully saturated rings. The van der Waals surface area contributed by atoms with E-state index in [2.05, 4.69) is 17.9 Å². The first-order valence-corrected chi connectivity index (χ1v) is 7.25. The predicted molar refractivity (Wildman–Crippen MR) is 55.3 cm³/mol. The van der Waals surface area contributed by atoms with E-state index < -0.39 is 8.80 Å². The largest absolute Gasteiger partial charge is 0.382 e. The Kier molecular flexibility index (Phi) is 12.4. The maximum Gasteiger partial charge on any atom is 0.230 e. The highest BCUT2D eigenvalue weighted by Crippen LogP contribution is 1.77. The van der Waals surface area contributed by atoms with E-state index in [-0.39, 0.29) is 0 Å². The van der Waals surface area contributed by atoms with Crippen molar-refractivity contribution in [1.29, 1.82) is 0 Å². The molecule has 0 aromatic heterocycles. The van der Waals surface area contributed by atoms with E-state index in [1.54, 1.807) is 0 Å². The van der Waals surface area contributed by atoms with Gasteiger partial charge in [0.15, 0.2) is 8.80 Å². The summed E-state index contributed by atoms with van der Waals surface area (Å²) in [5.74, 6) is 0. The molecule has 0 spiro atoms. The van der Waals surface area contributed by atoms with Crippen LogP contribution in [0.1, 0.15) is 20.8 Å². The summed E-state index contributed by atoms with van der Waals surface area (Å²) in [6, 6.07) is 0. The minimum atomic E-state index is -0.765. The molecule has 0 aliphatic rings. The summed E-state index contributed by atoms with van der Waals surface area (Å²) in [4.78, 5) is 3.07. The van der Waals surface area contributed by atoms with Gasteiger partial charge in [-0.05, 0) is 13.8 Å². The van der Waals surface area contributed by atoms with Crippen LogP contribution in [0.5, 0.6) is 0 Å². The van der Waals surface area contributed by atoms with E-state index in [0.29, 0.717) is 0 Å². The van der Waals surface area contributed by atoms with Crippen LogP contribution >= 0.6 is 0 Å². The lowest BCUT2D eigenvalue weighted by Gasteiger charge is -1.86. The van der Waals surface area contributed by atoms with E-state index >= 15 is 0 Å². The molecule has 0 aromatic carbocycles. The number of ether oxygens (including phenoxy) is 1. The Bertz CT molecular complexity index is 140. The van der Waals surface area contributed by atoms with E-state index in [0.717, 1.165) is 18.5 Å². The summed E-state index contributed by atoms with van der Waals surface area (Å²) >= 11 is 0. The topological polar surface area (TPSA) is 45.6 Å². The summed E-state index contributed by atoms with van der Waals surface area (Å²) in [5.41, 5.74) is 8.13. The van der Waals surface area contributed by atoms with Crippen molar-refractivity contribution in [3.63, 3.8) is 0 Å². The lowest BCUT2D eigenvalue weighted by atomic mass is 10.8. The Balaban J connectivity index is 0. The summed E-state index contributed by atoms with van der Waals surface area (Å²) in [5, 5.41) is 0.917. The predicted octanol–water partition coefficient (Wildman–Crippen LogP) is 1.75. The first-order valence-electron chi connectivity index (χ1n) is 4.36. The zero-order valence-electron chi connectivity index (χ0n) is 8.79. The van der Waals surface area contributed by atoms with E-state index in [1.165, 1.54) is 0 Å². The van der Waals surface area contributed by atoms with Gasteiger partial charge in [0.05, 0.1) is 0 Å². The van der Waals surface area contributed by atoms with Gasteiger partial charge in [0.1, 0.15) is 0 Å². The molecule has 0 amide bonds. The molecule has 72 valence electrons. The Morgan fingerprint density at radius 1 is 1.33 bits per heavy atom. The van der Waals surface area contributed by atoms with Crippen LogP contribution in [0.3, 0.4) is 0 Å². The van der Waals surface area contributed by atoms with Crippen LogP contribution in [-0.2, 0) is 4.74 Å². The quantitative estimate of drug-likeness (QED) is 0.288. The van der Waals surface area contributed by atoms with Crippen molar-refractivity contribution < 1.29 is 9.53 Å². The smallest absolute Gasteiger partial charge is 0.230 e. The van der Waals surface area contributed by atoms with Gasteiger partial charge in [-0.15, -0.1) is 0 Å². The van der Waals surface area contributed by atoms with Crippen LogP contribution in [0, 0.1) is 0 Å². The maximum absolute atomic E-state index is 8.13. The van der Waals surface area contributed by atoms with Gasteiger partial charge >= 0.3 is 0 Å². The third-order valence-corrected chi connectivity index (χ3v) is 3.19. The molecular formula is C8H20N2OSi. The summed E-state index contributed by atoms with van der Waals surface area (Å²) in [7, 11) is -0.765. The fourth-order valence-electron chi connectivity index (χ4n) is 0.320. The average Bonchev–Trinajstić information content (AvgIpc) is 2.05. The number of rotatable bonds is 3. The molecule has 0 saturated carbocycles. The molecule has 4 heteroatoms. The average molecular weight is 188 g/mol. The van der Waals surface area contributed by atoms with Crippen LogP contribution < -0.4 is 0 Å². The second kappa shape index (κ2) is 10.6. The first kappa shape index (κ1) is 14.1. The van der Waals surface area contributed by atoms with Gasteiger partial charge in [-0.25, -0.2) is 0 Å². The number of hydrogen-bond donors (Lipinski definition) is 0. The monoisotopic (exact) mass is 188 g/mol. The van der Waals surface area contributed by atoms with E-state index in [9.17, 15) is 0 Å². The molecule has 0 radical (unpaired) electrons. The minimum absolute atomic E-state index is 0.765. The molecule has 0 rings (SSSR count). The van der Waals surface area contributed by atoms with Crippen molar-refractivity contribution in [2.24, 2.45) is 0 Å². The number of nitrogens with zero attached hydrogens (tertiary/aromatic N) is 2. The Morgan fingerprint density at radius 3 is 1.75 bits per heavy atom. The molecular weight excluding hydrogens is 168 g/mol. The summed E-state index contributed by atoms with van der Waals surface area (Å²) in [6.45, 7) is 11.8. The van der Waals surface area contributed by atoms with Crippen molar-refractivity contribution in [1.82, 2.24) is 0 Å². The van der Waals surface area contributed by atoms with Gasteiger partial charge in [0.25, 0.3) is 0 Å². The van der Waals surface area contributed by atoms with Crippen LogP contribution in [0.15, 0.2) is 0 Å². The molecule has 0 bridgehead atoms. The van der Waals surface area contributed by atoms with Gasteiger partial charge in [0.2, 0.25) is 5.33 Å². The van der Waals surface area contributed by atoms with Crippen molar-refractivity contribution in [2.75, 3.05) is 13.2 Å². The zero-order chi connectivity index (χ0) is 9.98. The van der Waals surface area contributed by atoms with Gasteiger partial charge in [-0.3, -0.25) is 0 Å². The third-order valence-electron chi connectivity index (χ3n) is 1.40. The normalized spacial score (nSPS) is 8.50. The van der Waals surface area contributed by atoms with E-state index in [1.807, 2.05) is 20.8 Å². The molecule has 0 atom stereocenters. The molecule has 12 heavy (non-hydrogen) atoms. The highest BCUT2D eigenvalue weighted by atomic mass is 28.3. The molecule has 0 N–H and O–H groups in total. The van der Waals surface area contributed by atoms with Crippen molar-refractivity contribution in [3.8, 4) is 0 Å². The third kappa shape index (κ3) is 12.3. The van der Waals surface area contributed by atoms with Gasteiger partial charge in [0, 0.05) is 20.1 Å². The highest BCUT2D eigenvalue weighted by molar-refractivity contribution is 6.87. The van der Waals surface area contributed by atoms with E-state index in [4.69, 9.17) is 10.3 Å². The minimum Gasteiger partial charge on any atom is -0.382 e. The molecule has 0 aliphatic heterocycles. The molecule has 0 aromatic rings. The molecule has 0 unspecified atom stereocenters. The molecule has 0 heterocycles. The Hall–Kier alpha value is -0.443. The lowest BCUT2D eigenvalue weighted by molar-refractivity contribution is -0.00158. The first-order chi connectivity index (χ1) is 5.59. The lowest BCUT2D eigenvalue weighted by Crippen LogP contribution is -2.14. The van der Waals surface area contributed by atoms with Crippen LogP contribution in [0.4, 0.5) is 0 Å². The fourth-order valence-corrected chi connectivity index (χ4v) is 0.551. The fraction of sp³-hybridized carbons (Fsp3) is 0.875. The highest BCUT2D eigenvalue weighted by Gasteiger charge is 2.05. The van der Waals surface area contributed by atoms with Crippen molar-refractivity contribution in [2.45, 2.75) is 33.9 Å². The SMILES string of the molecule is CC(=[N+]=[N-])[SiH](C)C.CCOCC. The van der Waals surface area contributed by atoms with Gasteiger partial charge < -0.3 is 10.3 Å². The second-order valence-corrected chi connectivity index (χ2v) is 5.82. The molecule has 0 saturated heterocycles. The Labute approximate surface area is 77.0 Å². The Morgan fingerprint density at radius 2 is 1.75 bits per heavy atom. The van der Waals surface area contributed by atoms with Crippen LogP contribution in [0.25, 0.3) is 5.53 Å². The van der Waals surface area contributed by atoms with Gasteiger partial charge in [-0.1, -0.05) is 13.1 Å². The second-order valence-electron chi connectivity index (χ2n) is 2.68. The maximum atomic E-state index is 8.13. The number of hydrogen-bond acceptors (Lipinski definition) is 1. The van der Waals surface area contributed by atoms with Crippen LogP contribution in [0.2, 0.25) is 13.1 Å². The summed E-state index contributed by atoms with van der Waals surface area (Å²) < 4.78 is 4.83. The summed E-state index contributed by atoms with van der Waals surface area (Å²) in [6.07, 6.45) is 0.